The lowest BCUT2D eigenvalue weighted by Crippen LogP contribution is -2.41. The van der Waals surface area contributed by atoms with E-state index in [1.165, 1.54) is 11.1 Å². The van der Waals surface area contributed by atoms with Gasteiger partial charge in [0.1, 0.15) is 15.6 Å². The third kappa shape index (κ3) is 8.41. The molecular weight excluding hydrogens is 595 g/mol. The van der Waals surface area contributed by atoms with Gasteiger partial charge in [0.25, 0.3) is 0 Å². The van der Waals surface area contributed by atoms with E-state index in [9.17, 15) is 13.2 Å². The highest BCUT2D eigenvalue weighted by Gasteiger charge is 2.33. The average Bonchev–Trinajstić information content (AvgIpc) is 3.58. The van der Waals surface area contributed by atoms with Gasteiger partial charge in [0.05, 0.1) is 19.1 Å². The number of anilines is 1. The summed E-state index contributed by atoms with van der Waals surface area (Å²) in [6.45, 7) is 8.80. The van der Waals surface area contributed by atoms with E-state index < -0.39 is 9.84 Å². The number of benzene rings is 2. The summed E-state index contributed by atoms with van der Waals surface area (Å²) < 4.78 is 31.6. The first-order valence-corrected chi connectivity index (χ1v) is 19.2. The van der Waals surface area contributed by atoms with Gasteiger partial charge in [-0.1, -0.05) is 31.2 Å². The molecule has 0 saturated heterocycles. The summed E-state index contributed by atoms with van der Waals surface area (Å²) in [6.07, 6.45) is 12.6. The molecule has 2 aliphatic carbocycles. The number of rotatable bonds is 12. The first kappa shape index (κ1) is 34.2. The Hall–Kier alpha value is -3.13. The molecule has 0 bridgehead atoms. The average molecular weight is 648 g/mol. The molecule has 2 aromatic carbocycles. The molecule has 2 saturated carbocycles. The number of sulfone groups is 1. The molecule has 1 amide bonds. The van der Waals surface area contributed by atoms with Crippen molar-refractivity contribution in [2.24, 2.45) is 17.8 Å². The van der Waals surface area contributed by atoms with Gasteiger partial charge in [0.15, 0.2) is 0 Å². The number of amides is 1. The van der Waals surface area contributed by atoms with Crippen LogP contribution in [0.3, 0.4) is 0 Å². The smallest absolute Gasteiger partial charge is 0.230 e. The minimum atomic E-state index is -2.96. The van der Waals surface area contributed by atoms with Gasteiger partial charge in [0.2, 0.25) is 5.91 Å². The van der Waals surface area contributed by atoms with Crippen molar-refractivity contribution in [1.29, 1.82) is 0 Å². The van der Waals surface area contributed by atoms with Crippen LogP contribution in [0.25, 0.3) is 11.1 Å². The molecule has 8 heteroatoms. The number of nitrogens with zero attached hydrogens (tertiary/aromatic N) is 3. The van der Waals surface area contributed by atoms with Crippen LogP contribution in [0.4, 0.5) is 5.69 Å². The van der Waals surface area contributed by atoms with Crippen LogP contribution in [0.2, 0.25) is 0 Å². The van der Waals surface area contributed by atoms with E-state index in [2.05, 4.69) is 79.4 Å². The number of ether oxygens (including phenoxy) is 1. The van der Waals surface area contributed by atoms with E-state index >= 15 is 0 Å². The van der Waals surface area contributed by atoms with Crippen LogP contribution in [-0.4, -0.2) is 49.3 Å². The Morgan fingerprint density at radius 3 is 2.33 bits per heavy atom. The summed E-state index contributed by atoms with van der Waals surface area (Å²) in [7, 11) is -1.24. The number of carbonyl (C=O) groups excluding carboxylic acids is 1. The highest BCUT2D eigenvalue weighted by molar-refractivity contribution is 7.91. The second-order valence-electron chi connectivity index (χ2n) is 14.0. The lowest BCUT2D eigenvalue weighted by Gasteiger charge is -2.36. The molecule has 3 aromatic rings. The molecule has 250 valence electrons. The molecule has 2 fully saturated rings. The Morgan fingerprint density at radius 2 is 1.70 bits per heavy atom. The fraction of sp³-hybridized carbons (Fsp3) is 0.579. The molecule has 0 N–H and O–H groups in total. The maximum Gasteiger partial charge on any atom is 0.230 e. The number of aryl methyl sites for hydroxylation is 1. The molecule has 46 heavy (non-hydrogen) atoms. The van der Waals surface area contributed by atoms with Gasteiger partial charge in [-0.3, -0.25) is 9.48 Å². The Kier molecular flexibility index (Phi) is 11.3. The first-order valence-electron chi connectivity index (χ1n) is 17.4. The van der Waals surface area contributed by atoms with E-state index in [0.29, 0.717) is 24.2 Å². The molecule has 0 aliphatic heterocycles. The fourth-order valence-electron chi connectivity index (χ4n) is 7.45. The van der Waals surface area contributed by atoms with E-state index in [4.69, 9.17) is 4.74 Å². The topological polar surface area (TPSA) is 81.5 Å². The van der Waals surface area contributed by atoms with E-state index in [-0.39, 0.29) is 29.4 Å². The second-order valence-corrected chi connectivity index (χ2v) is 16.5. The monoisotopic (exact) mass is 647 g/mol. The lowest BCUT2D eigenvalue weighted by atomic mass is 9.77. The minimum absolute atomic E-state index is 0.0232. The molecule has 1 aromatic heterocycles. The zero-order chi connectivity index (χ0) is 32.8. The van der Waals surface area contributed by atoms with Crippen molar-refractivity contribution in [2.45, 2.75) is 97.4 Å². The van der Waals surface area contributed by atoms with E-state index in [1.54, 1.807) is 14.0 Å². The van der Waals surface area contributed by atoms with Gasteiger partial charge in [-0.2, -0.15) is 5.10 Å². The Balaban J connectivity index is 1.31. The minimum Gasteiger partial charge on any atom is -0.496 e. The summed E-state index contributed by atoms with van der Waals surface area (Å²) >= 11 is 0. The van der Waals surface area contributed by atoms with Crippen molar-refractivity contribution in [3.63, 3.8) is 0 Å². The van der Waals surface area contributed by atoms with Crippen molar-refractivity contribution in [3.8, 4) is 16.9 Å². The molecule has 0 radical (unpaired) electrons. The molecule has 7 nitrogen and oxygen atoms in total. The molecule has 0 atom stereocenters. The fourth-order valence-corrected chi connectivity index (χ4v) is 8.43. The Bertz CT molecular complexity index is 1560. The first-order chi connectivity index (χ1) is 22.1. The maximum absolute atomic E-state index is 14.4. The quantitative estimate of drug-likeness (QED) is 0.197. The van der Waals surface area contributed by atoms with Crippen LogP contribution in [0, 0.1) is 24.7 Å². The van der Waals surface area contributed by atoms with Crippen LogP contribution in [0.1, 0.15) is 102 Å². The van der Waals surface area contributed by atoms with Crippen LogP contribution < -0.4 is 9.64 Å². The summed E-state index contributed by atoms with van der Waals surface area (Å²) in [5.41, 5.74) is 5.66. The third-order valence-electron chi connectivity index (χ3n) is 10.5. The molecule has 1 heterocycles. The summed E-state index contributed by atoms with van der Waals surface area (Å²) in [5.74, 6) is 2.97. The molecule has 5 rings (SSSR count). The number of hydrogen-bond donors (Lipinski definition) is 0. The van der Waals surface area contributed by atoms with Gasteiger partial charge in [-0.15, -0.1) is 0 Å². The van der Waals surface area contributed by atoms with Gasteiger partial charge < -0.3 is 9.64 Å². The Labute approximate surface area is 276 Å². The number of hydrogen-bond acceptors (Lipinski definition) is 5. The number of methoxy groups -OCH3 is 1. The largest absolute Gasteiger partial charge is 0.496 e. The van der Waals surface area contributed by atoms with Crippen molar-refractivity contribution >= 4 is 21.4 Å². The van der Waals surface area contributed by atoms with Crippen LogP contribution in [0.15, 0.2) is 54.9 Å². The van der Waals surface area contributed by atoms with Gasteiger partial charge in [-0.25, -0.2) is 8.42 Å². The Morgan fingerprint density at radius 1 is 0.978 bits per heavy atom. The highest BCUT2D eigenvalue weighted by atomic mass is 32.2. The van der Waals surface area contributed by atoms with Crippen LogP contribution in [-0.2, 0) is 14.6 Å². The van der Waals surface area contributed by atoms with E-state index in [1.807, 2.05) is 10.9 Å². The summed E-state index contributed by atoms with van der Waals surface area (Å²) in [5, 5.41) is 4.55. The maximum atomic E-state index is 14.4. The van der Waals surface area contributed by atoms with Crippen LogP contribution in [0.5, 0.6) is 5.75 Å². The predicted molar refractivity (Wildman–Crippen MR) is 187 cm³/mol. The lowest BCUT2D eigenvalue weighted by molar-refractivity contribution is -0.123. The molecule has 2 aliphatic rings. The third-order valence-corrected chi connectivity index (χ3v) is 12.3. The van der Waals surface area contributed by atoms with Crippen molar-refractivity contribution in [2.75, 3.05) is 30.1 Å². The normalized spacial score (nSPS) is 22.1. The summed E-state index contributed by atoms with van der Waals surface area (Å²) in [4.78, 5) is 16.5. The number of carbonyl (C=O) groups is 1. The standard InChI is InChI=1S/C38H53N3O4S/c1-6-46(43,44)21-20-29-10-16-32(17-11-29)38(42)40(36-9-7-8-33(23-36)35-24-39-41(26-35)27(2)3)25-30-12-14-31(15-13-30)34-18-19-37(45-5)28(4)22-34/h7-9,18-19,22-24,26-27,29-32H,6,10-17,20-21,25H2,1-5H3. The molecular formula is C38H53N3O4S. The number of aromatic nitrogens is 2. The SMILES string of the molecule is CCS(=O)(=O)CCC1CCC(C(=O)N(CC2CCC(c3ccc(OC)c(C)c3)CC2)c2cccc(-c3cnn(C(C)C)c3)c2)CC1. The van der Waals surface area contributed by atoms with Crippen molar-refractivity contribution in [1.82, 2.24) is 9.78 Å². The van der Waals surface area contributed by atoms with Gasteiger partial charge in [0, 0.05) is 41.7 Å². The van der Waals surface area contributed by atoms with E-state index in [0.717, 1.165) is 80.5 Å². The van der Waals surface area contributed by atoms with Gasteiger partial charge >= 0.3 is 0 Å². The zero-order valence-corrected chi connectivity index (χ0v) is 29.3. The van der Waals surface area contributed by atoms with Gasteiger partial charge in [-0.05, 0) is 131 Å². The van der Waals surface area contributed by atoms with Crippen molar-refractivity contribution in [3.05, 3.63) is 66.0 Å². The molecule has 0 spiro atoms. The molecule has 0 unspecified atom stereocenters. The second kappa shape index (κ2) is 15.2. The van der Waals surface area contributed by atoms with Crippen LogP contribution >= 0.6 is 0 Å². The van der Waals surface area contributed by atoms with Crippen molar-refractivity contribution < 1.29 is 17.9 Å². The summed E-state index contributed by atoms with van der Waals surface area (Å²) in [6, 6.07) is 15.3. The predicted octanol–water partition coefficient (Wildman–Crippen LogP) is 8.39. The highest BCUT2D eigenvalue weighted by Crippen LogP contribution is 2.39. The zero-order valence-electron chi connectivity index (χ0n) is 28.5.